The van der Waals surface area contributed by atoms with Crippen LogP contribution in [0.2, 0.25) is 0 Å². The van der Waals surface area contributed by atoms with Gasteiger partial charge < -0.3 is 15.0 Å². The Morgan fingerprint density at radius 3 is 3.10 bits per heavy atom. The molecule has 114 valence electrons. The molecular weight excluding hydrogens is 262 g/mol. The van der Waals surface area contributed by atoms with Crippen LogP contribution >= 0.6 is 0 Å². The highest BCUT2D eigenvalue weighted by Gasteiger charge is 2.18. The Balaban J connectivity index is 1.63. The van der Waals surface area contributed by atoms with E-state index in [1.165, 1.54) is 32.1 Å². The lowest BCUT2D eigenvalue weighted by molar-refractivity contribution is 0.274. The second kappa shape index (κ2) is 6.33. The maximum atomic E-state index is 4.58. The third kappa shape index (κ3) is 3.28. The van der Waals surface area contributed by atoms with Gasteiger partial charge >= 0.3 is 0 Å². The van der Waals surface area contributed by atoms with Crippen molar-refractivity contribution in [3.63, 3.8) is 0 Å². The van der Waals surface area contributed by atoms with E-state index in [0.29, 0.717) is 0 Å². The van der Waals surface area contributed by atoms with E-state index < -0.39 is 0 Å². The molecule has 2 aromatic rings. The lowest BCUT2D eigenvalue weighted by atomic mass is 9.81. The molecule has 1 aliphatic carbocycles. The molecule has 2 unspecified atom stereocenters. The maximum absolute atomic E-state index is 4.58. The monoisotopic (exact) mass is 287 g/mol. The number of rotatable bonds is 5. The van der Waals surface area contributed by atoms with E-state index in [9.17, 15) is 0 Å². The van der Waals surface area contributed by atoms with Crippen LogP contribution in [0, 0.1) is 11.8 Å². The van der Waals surface area contributed by atoms with Crippen molar-refractivity contribution in [2.45, 2.75) is 39.0 Å². The van der Waals surface area contributed by atoms with Gasteiger partial charge in [0.15, 0.2) is 11.5 Å². The van der Waals surface area contributed by atoms with Gasteiger partial charge in [-0.2, -0.15) is 0 Å². The van der Waals surface area contributed by atoms with Crippen molar-refractivity contribution in [1.29, 1.82) is 0 Å². The highest BCUT2D eigenvalue weighted by molar-refractivity contribution is 5.65. The molecule has 1 aliphatic rings. The number of fused-ring (bicyclic) bond motifs is 1. The van der Waals surface area contributed by atoms with Crippen LogP contribution < -0.4 is 10.6 Å². The van der Waals surface area contributed by atoms with Gasteiger partial charge in [0, 0.05) is 26.0 Å². The normalized spacial score (nSPS) is 22.4. The number of aromatic nitrogens is 3. The van der Waals surface area contributed by atoms with Gasteiger partial charge in [-0.25, -0.2) is 9.97 Å². The van der Waals surface area contributed by atoms with Crippen molar-refractivity contribution >= 4 is 17.3 Å². The number of anilines is 2. The van der Waals surface area contributed by atoms with Crippen molar-refractivity contribution in [2.24, 2.45) is 11.8 Å². The topological polar surface area (TPSA) is 54.2 Å². The molecule has 0 amide bonds. The summed E-state index contributed by atoms with van der Waals surface area (Å²) in [5, 5.41) is 6.57. The molecule has 0 radical (unpaired) electrons. The number of nitrogens with zero attached hydrogens (tertiary/aromatic N) is 3. The lowest BCUT2D eigenvalue weighted by Gasteiger charge is -2.26. The molecule has 0 spiro atoms. The maximum Gasteiger partial charge on any atom is 0.180 e. The van der Waals surface area contributed by atoms with E-state index in [1.807, 2.05) is 30.0 Å². The van der Waals surface area contributed by atoms with Crippen LogP contribution in [0.5, 0.6) is 0 Å². The van der Waals surface area contributed by atoms with E-state index in [0.717, 1.165) is 35.7 Å². The summed E-state index contributed by atoms with van der Waals surface area (Å²) in [5.41, 5.74) is 0.894. The van der Waals surface area contributed by atoms with Crippen LogP contribution in [-0.2, 0) is 0 Å². The number of hydrogen-bond acceptors (Lipinski definition) is 4. The second-order valence-electron chi connectivity index (χ2n) is 6.24. The predicted molar refractivity (Wildman–Crippen MR) is 86.8 cm³/mol. The summed E-state index contributed by atoms with van der Waals surface area (Å²) in [5.74, 6) is 3.49. The smallest absolute Gasteiger partial charge is 0.180 e. The van der Waals surface area contributed by atoms with Crippen molar-refractivity contribution in [2.75, 3.05) is 24.2 Å². The average Bonchev–Trinajstić information content (AvgIpc) is 2.95. The van der Waals surface area contributed by atoms with Gasteiger partial charge in [-0.15, -0.1) is 0 Å². The largest absolute Gasteiger partial charge is 0.372 e. The van der Waals surface area contributed by atoms with Crippen LogP contribution in [0.25, 0.3) is 5.65 Å². The Labute approximate surface area is 126 Å². The Kier molecular flexibility index (Phi) is 4.27. The van der Waals surface area contributed by atoms with E-state index in [1.54, 1.807) is 0 Å². The fraction of sp³-hybridized carbons (Fsp3) is 0.625. The van der Waals surface area contributed by atoms with Gasteiger partial charge in [-0.3, -0.25) is 0 Å². The molecular formula is C16H25N5. The molecule has 21 heavy (non-hydrogen) atoms. The minimum Gasteiger partial charge on any atom is -0.372 e. The Bertz CT molecular complexity index is 591. The van der Waals surface area contributed by atoms with Crippen LogP contribution in [0.3, 0.4) is 0 Å². The molecule has 1 fully saturated rings. The predicted octanol–water partition coefficient (Wildman–Crippen LogP) is 3.40. The fourth-order valence-corrected chi connectivity index (χ4v) is 3.39. The third-order valence-corrected chi connectivity index (χ3v) is 4.52. The number of hydrogen-bond donors (Lipinski definition) is 2. The number of nitrogens with one attached hydrogen (secondary N) is 2. The first-order chi connectivity index (χ1) is 10.3. The van der Waals surface area contributed by atoms with Crippen LogP contribution in [-0.4, -0.2) is 28.0 Å². The average molecular weight is 287 g/mol. The summed E-state index contributed by atoms with van der Waals surface area (Å²) in [6.07, 6.45) is 12.5. The highest BCUT2D eigenvalue weighted by atomic mass is 15.1. The second-order valence-corrected chi connectivity index (χ2v) is 6.24. The van der Waals surface area contributed by atoms with E-state index in [2.05, 4.69) is 27.5 Å². The highest BCUT2D eigenvalue weighted by Crippen LogP contribution is 2.30. The van der Waals surface area contributed by atoms with Gasteiger partial charge in [0.1, 0.15) is 5.82 Å². The van der Waals surface area contributed by atoms with Gasteiger partial charge in [0.2, 0.25) is 0 Å². The van der Waals surface area contributed by atoms with Crippen LogP contribution in [0.4, 0.5) is 11.6 Å². The minimum absolute atomic E-state index is 0.856. The first kappa shape index (κ1) is 14.2. The van der Waals surface area contributed by atoms with Gasteiger partial charge in [-0.1, -0.05) is 26.2 Å². The summed E-state index contributed by atoms with van der Waals surface area (Å²) in [4.78, 5) is 8.97. The van der Waals surface area contributed by atoms with Crippen LogP contribution in [0.15, 0.2) is 18.6 Å². The third-order valence-electron chi connectivity index (χ3n) is 4.52. The summed E-state index contributed by atoms with van der Waals surface area (Å²) in [6, 6.07) is 0. The zero-order valence-electron chi connectivity index (χ0n) is 13.0. The molecule has 0 aromatic carbocycles. The molecule has 2 atom stereocenters. The fourth-order valence-electron chi connectivity index (χ4n) is 3.39. The molecule has 0 aliphatic heterocycles. The van der Waals surface area contributed by atoms with E-state index in [-0.39, 0.29) is 0 Å². The zero-order chi connectivity index (χ0) is 14.7. The molecule has 2 aromatic heterocycles. The van der Waals surface area contributed by atoms with Crippen LogP contribution in [0.1, 0.15) is 39.0 Å². The van der Waals surface area contributed by atoms with Crippen molar-refractivity contribution < 1.29 is 0 Å². The Morgan fingerprint density at radius 2 is 2.29 bits per heavy atom. The molecule has 1 saturated carbocycles. The molecule has 2 N–H and O–H groups in total. The standard InChI is InChI=1S/C16H25N5/c1-12-4-3-5-13(10-12)6-7-18-15-16-19-8-9-21(16)11-14(17-2)20-15/h8-9,11-13,17H,3-7,10H2,1-2H3,(H,18,20). The molecule has 0 saturated heterocycles. The molecule has 2 heterocycles. The molecule has 5 heteroatoms. The van der Waals surface area contributed by atoms with Gasteiger partial charge in [-0.05, 0) is 24.7 Å². The van der Waals surface area contributed by atoms with Gasteiger partial charge in [0.05, 0.1) is 6.20 Å². The first-order valence-corrected chi connectivity index (χ1v) is 8.01. The molecule has 3 rings (SSSR count). The van der Waals surface area contributed by atoms with Gasteiger partial charge in [0.25, 0.3) is 0 Å². The Morgan fingerprint density at radius 1 is 1.38 bits per heavy atom. The summed E-state index contributed by atoms with van der Waals surface area (Å²) in [7, 11) is 1.89. The van der Waals surface area contributed by atoms with E-state index >= 15 is 0 Å². The quantitative estimate of drug-likeness (QED) is 0.885. The summed E-state index contributed by atoms with van der Waals surface area (Å²) >= 11 is 0. The SMILES string of the molecule is CNc1cn2ccnc2c(NCCC2CCCC(C)C2)n1. The summed E-state index contributed by atoms with van der Waals surface area (Å²) in [6.45, 7) is 3.35. The van der Waals surface area contributed by atoms with Crippen molar-refractivity contribution in [3.05, 3.63) is 18.6 Å². The Hall–Kier alpha value is -1.78. The summed E-state index contributed by atoms with van der Waals surface area (Å²) < 4.78 is 2.00. The first-order valence-electron chi connectivity index (χ1n) is 8.01. The van der Waals surface area contributed by atoms with E-state index in [4.69, 9.17) is 0 Å². The molecule has 0 bridgehead atoms. The van der Waals surface area contributed by atoms with Crippen molar-refractivity contribution in [1.82, 2.24) is 14.4 Å². The minimum atomic E-state index is 0.856. The lowest BCUT2D eigenvalue weighted by Crippen LogP contribution is -2.17. The zero-order valence-corrected chi connectivity index (χ0v) is 13.0. The number of imidazole rings is 1. The molecule has 5 nitrogen and oxygen atoms in total. The van der Waals surface area contributed by atoms with Crippen molar-refractivity contribution in [3.8, 4) is 0 Å².